The number of fused-ring (bicyclic) bond motifs is 1. The number of benzene rings is 1. The van der Waals surface area contributed by atoms with E-state index in [0.29, 0.717) is 6.42 Å². The second kappa shape index (κ2) is 4.96. The fourth-order valence-corrected chi connectivity index (χ4v) is 1.98. The van der Waals surface area contributed by atoms with Crippen LogP contribution in [0.1, 0.15) is 24.5 Å². The van der Waals surface area contributed by atoms with Crippen molar-refractivity contribution in [1.29, 1.82) is 0 Å². The lowest BCUT2D eigenvalue weighted by Crippen LogP contribution is -2.41. The van der Waals surface area contributed by atoms with Crippen molar-refractivity contribution >= 4 is 5.78 Å². The van der Waals surface area contributed by atoms with Gasteiger partial charge in [-0.15, -0.1) is 5.92 Å². The second-order valence-electron chi connectivity index (χ2n) is 3.98. The first-order chi connectivity index (χ1) is 7.81. The number of carbonyl (C=O) groups excluding carboxylic acids is 1. The van der Waals surface area contributed by atoms with E-state index in [1.807, 2.05) is 12.1 Å². The molecular weight excluding hydrogens is 198 g/mol. The summed E-state index contributed by atoms with van der Waals surface area (Å²) >= 11 is 0. The third kappa shape index (κ3) is 2.32. The quantitative estimate of drug-likeness (QED) is 0.757. The number of hydrogen-bond donors (Lipinski definition) is 1. The Kier molecular flexibility index (Phi) is 3.38. The van der Waals surface area contributed by atoms with Crippen LogP contribution in [0.25, 0.3) is 0 Å². The van der Waals surface area contributed by atoms with Gasteiger partial charge in [0.15, 0.2) is 5.78 Å². The molecule has 2 heteroatoms. The highest BCUT2D eigenvalue weighted by Crippen LogP contribution is 2.16. The number of rotatable bonds is 2. The zero-order chi connectivity index (χ0) is 11.4. The number of Topliss-reactive ketones (excluding diaryl/α,β-unsaturated/α-hetero) is 1. The molecule has 82 valence electrons. The molecule has 2 rings (SSSR count). The molecule has 0 aromatic heterocycles. The average molecular weight is 213 g/mol. The van der Waals surface area contributed by atoms with Crippen molar-refractivity contribution in [2.24, 2.45) is 0 Å². The molecule has 0 aliphatic carbocycles. The van der Waals surface area contributed by atoms with E-state index < -0.39 is 0 Å². The van der Waals surface area contributed by atoms with E-state index in [1.54, 1.807) is 6.92 Å². The predicted molar refractivity (Wildman–Crippen MR) is 63.8 cm³/mol. The molecule has 0 amide bonds. The molecule has 0 saturated carbocycles. The Hall–Kier alpha value is -1.59. The van der Waals surface area contributed by atoms with Gasteiger partial charge in [-0.3, -0.25) is 4.79 Å². The largest absolute Gasteiger partial charge is 0.303 e. The van der Waals surface area contributed by atoms with E-state index in [2.05, 4.69) is 29.3 Å². The minimum Gasteiger partial charge on any atom is -0.303 e. The van der Waals surface area contributed by atoms with Gasteiger partial charge in [0, 0.05) is 6.54 Å². The molecule has 1 aromatic carbocycles. The fraction of sp³-hybridized carbons (Fsp3) is 0.357. The normalized spacial score (nSPS) is 18.2. The van der Waals surface area contributed by atoms with Gasteiger partial charge in [0.25, 0.3) is 0 Å². The zero-order valence-electron chi connectivity index (χ0n) is 9.42. The van der Waals surface area contributed by atoms with Gasteiger partial charge < -0.3 is 5.32 Å². The minimum atomic E-state index is -0.0595. The van der Waals surface area contributed by atoms with Gasteiger partial charge in [0.2, 0.25) is 0 Å². The molecule has 0 spiro atoms. The third-order valence-corrected chi connectivity index (χ3v) is 2.91. The van der Waals surface area contributed by atoms with Crippen LogP contribution in [0.4, 0.5) is 0 Å². The van der Waals surface area contributed by atoms with Crippen LogP contribution in [0.2, 0.25) is 0 Å². The molecule has 0 fully saturated rings. The van der Waals surface area contributed by atoms with Crippen LogP contribution in [0.5, 0.6) is 0 Å². The fourth-order valence-electron chi connectivity index (χ4n) is 1.98. The smallest absolute Gasteiger partial charge is 0.161 e. The molecule has 0 radical (unpaired) electrons. The molecule has 1 aliphatic rings. The lowest BCUT2D eigenvalue weighted by atomic mass is 9.93. The van der Waals surface area contributed by atoms with Crippen LogP contribution < -0.4 is 5.32 Å². The standard InChI is InChI=1S/C14H15NO/c1-2-3-8-14(16)13-9-11-6-4-5-7-12(11)10-15-13/h4-7,13,15H,8-10H2,1H3. The van der Waals surface area contributed by atoms with Gasteiger partial charge in [0.1, 0.15) is 0 Å². The van der Waals surface area contributed by atoms with E-state index in [1.165, 1.54) is 11.1 Å². The van der Waals surface area contributed by atoms with Crippen LogP contribution in [-0.4, -0.2) is 11.8 Å². The van der Waals surface area contributed by atoms with Crippen molar-refractivity contribution in [3.8, 4) is 11.8 Å². The second-order valence-corrected chi connectivity index (χ2v) is 3.98. The molecule has 0 bridgehead atoms. The van der Waals surface area contributed by atoms with Crippen LogP contribution in [0.15, 0.2) is 24.3 Å². The van der Waals surface area contributed by atoms with Gasteiger partial charge in [0.05, 0.1) is 12.5 Å². The first-order valence-corrected chi connectivity index (χ1v) is 5.53. The Balaban J connectivity index is 2.07. The number of hydrogen-bond acceptors (Lipinski definition) is 2. The van der Waals surface area contributed by atoms with Crippen LogP contribution >= 0.6 is 0 Å². The molecule has 1 N–H and O–H groups in total. The Bertz CT molecular complexity index is 453. The summed E-state index contributed by atoms with van der Waals surface area (Å²) in [6.07, 6.45) is 1.15. The van der Waals surface area contributed by atoms with Crippen molar-refractivity contribution < 1.29 is 4.79 Å². The molecule has 0 saturated heterocycles. The van der Waals surface area contributed by atoms with E-state index in [4.69, 9.17) is 0 Å². The van der Waals surface area contributed by atoms with Gasteiger partial charge in [-0.05, 0) is 24.5 Å². The van der Waals surface area contributed by atoms with Gasteiger partial charge in [-0.25, -0.2) is 0 Å². The molecular formula is C14H15NO. The molecule has 1 aromatic rings. The first-order valence-electron chi connectivity index (χ1n) is 5.53. The molecule has 1 aliphatic heterocycles. The molecule has 1 unspecified atom stereocenters. The van der Waals surface area contributed by atoms with E-state index in [0.717, 1.165) is 13.0 Å². The summed E-state index contributed by atoms with van der Waals surface area (Å²) in [6, 6.07) is 8.20. The Labute approximate surface area is 96.1 Å². The summed E-state index contributed by atoms with van der Waals surface area (Å²) in [4.78, 5) is 11.8. The summed E-state index contributed by atoms with van der Waals surface area (Å²) < 4.78 is 0. The minimum absolute atomic E-state index is 0.0595. The first kappa shape index (κ1) is 10.9. The maximum atomic E-state index is 11.8. The highest BCUT2D eigenvalue weighted by atomic mass is 16.1. The molecule has 16 heavy (non-hydrogen) atoms. The van der Waals surface area contributed by atoms with Crippen molar-refractivity contribution in [3.63, 3.8) is 0 Å². The molecule has 1 atom stereocenters. The summed E-state index contributed by atoms with van der Waals surface area (Å²) in [5.74, 6) is 5.79. The highest BCUT2D eigenvalue weighted by molar-refractivity contribution is 5.86. The lowest BCUT2D eigenvalue weighted by Gasteiger charge is -2.24. The number of ketones is 1. The van der Waals surface area contributed by atoms with E-state index in [9.17, 15) is 4.79 Å². The Morgan fingerprint density at radius 3 is 2.94 bits per heavy atom. The maximum absolute atomic E-state index is 11.8. The van der Waals surface area contributed by atoms with Crippen molar-refractivity contribution in [1.82, 2.24) is 5.32 Å². The summed E-state index contributed by atoms with van der Waals surface area (Å²) in [7, 11) is 0. The van der Waals surface area contributed by atoms with Crippen LogP contribution in [0.3, 0.4) is 0 Å². The summed E-state index contributed by atoms with van der Waals surface area (Å²) in [6.45, 7) is 2.54. The Morgan fingerprint density at radius 2 is 2.19 bits per heavy atom. The van der Waals surface area contributed by atoms with Crippen LogP contribution in [-0.2, 0) is 17.8 Å². The molecule has 1 heterocycles. The summed E-state index contributed by atoms with van der Waals surface area (Å²) in [5, 5.41) is 3.27. The van der Waals surface area contributed by atoms with E-state index in [-0.39, 0.29) is 11.8 Å². The van der Waals surface area contributed by atoms with Gasteiger partial charge in [-0.2, -0.15) is 0 Å². The third-order valence-electron chi connectivity index (χ3n) is 2.91. The average Bonchev–Trinajstić information content (AvgIpc) is 2.35. The topological polar surface area (TPSA) is 29.1 Å². The molecule has 2 nitrogen and oxygen atoms in total. The Morgan fingerprint density at radius 1 is 1.44 bits per heavy atom. The monoisotopic (exact) mass is 213 g/mol. The van der Waals surface area contributed by atoms with E-state index >= 15 is 0 Å². The lowest BCUT2D eigenvalue weighted by molar-refractivity contribution is -0.120. The van der Waals surface area contributed by atoms with Crippen molar-refractivity contribution in [2.75, 3.05) is 0 Å². The van der Waals surface area contributed by atoms with Crippen molar-refractivity contribution in [3.05, 3.63) is 35.4 Å². The number of carbonyl (C=O) groups is 1. The predicted octanol–water partition coefficient (Wildman–Crippen LogP) is 1.68. The van der Waals surface area contributed by atoms with Crippen molar-refractivity contribution in [2.45, 2.75) is 32.4 Å². The van der Waals surface area contributed by atoms with Gasteiger partial charge >= 0.3 is 0 Å². The highest BCUT2D eigenvalue weighted by Gasteiger charge is 2.22. The zero-order valence-corrected chi connectivity index (χ0v) is 9.42. The summed E-state index contributed by atoms with van der Waals surface area (Å²) in [5.41, 5.74) is 2.58. The number of nitrogens with one attached hydrogen (secondary N) is 1. The van der Waals surface area contributed by atoms with Crippen LogP contribution in [0, 0.1) is 11.8 Å². The maximum Gasteiger partial charge on any atom is 0.161 e. The van der Waals surface area contributed by atoms with Gasteiger partial charge in [-0.1, -0.05) is 30.2 Å². The SMILES string of the molecule is CC#CCC(=O)C1Cc2ccccc2CN1.